The predicted molar refractivity (Wildman–Crippen MR) is 100 cm³/mol. The van der Waals surface area contributed by atoms with Crippen molar-refractivity contribution >= 4 is 32.6 Å². The van der Waals surface area contributed by atoms with Crippen LogP contribution in [-0.2, 0) is 16.9 Å². The molecule has 3 aromatic heterocycles. The first-order valence-corrected chi connectivity index (χ1v) is 10.4. The van der Waals surface area contributed by atoms with Gasteiger partial charge < -0.3 is 5.32 Å². The quantitative estimate of drug-likeness (QED) is 0.726. The van der Waals surface area contributed by atoms with E-state index in [9.17, 15) is 13.2 Å². The van der Waals surface area contributed by atoms with Crippen LogP contribution in [0.1, 0.15) is 34.2 Å². The van der Waals surface area contributed by atoms with Gasteiger partial charge in [0.25, 0.3) is 5.91 Å². The number of carbonyl (C=O) groups is 1. The fourth-order valence-electron chi connectivity index (χ4n) is 3.48. The number of anilines is 1. The zero-order valence-electron chi connectivity index (χ0n) is 15.3. The van der Waals surface area contributed by atoms with E-state index < -0.39 is 9.84 Å². The van der Waals surface area contributed by atoms with E-state index in [2.05, 4.69) is 20.5 Å². The highest BCUT2D eigenvalue weighted by molar-refractivity contribution is 7.91. The Bertz CT molecular complexity index is 1160. The monoisotopic (exact) mass is 388 g/mol. The molecule has 9 nitrogen and oxygen atoms in total. The molecular formula is C17H20N6O3S. The van der Waals surface area contributed by atoms with Crippen LogP contribution in [0.4, 0.5) is 5.82 Å². The average Bonchev–Trinajstić information content (AvgIpc) is 3.23. The summed E-state index contributed by atoms with van der Waals surface area (Å²) < 4.78 is 26.9. The fraction of sp³-hybridized carbons (Fsp3) is 0.412. The van der Waals surface area contributed by atoms with E-state index in [1.165, 1.54) is 6.20 Å². The standard InChI is InChI=1S/C17H20N6O3S/c1-10-6-15(23(20-10)13-4-5-27(25,26)9-13)19-17(24)12-7-14-11(2)21-22(3)16(14)18-8-12/h6-8,13H,4-5,9H2,1-3H3,(H,19,24). The zero-order valence-corrected chi connectivity index (χ0v) is 16.1. The van der Waals surface area contributed by atoms with E-state index in [0.29, 0.717) is 29.1 Å². The average molecular weight is 388 g/mol. The summed E-state index contributed by atoms with van der Waals surface area (Å²) in [5.74, 6) is 0.349. The van der Waals surface area contributed by atoms with E-state index in [4.69, 9.17) is 0 Å². The molecule has 0 radical (unpaired) electrons. The van der Waals surface area contributed by atoms with Gasteiger partial charge in [-0.1, -0.05) is 0 Å². The van der Waals surface area contributed by atoms with Crippen molar-refractivity contribution in [2.75, 3.05) is 16.8 Å². The van der Waals surface area contributed by atoms with Gasteiger partial charge in [0.15, 0.2) is 15.5 Å². The molecule has 0 aliphatic carbocycles. The van der Waals surface area contributed by atoms with E-state index in [-0.39, 0.29) is 23.5 Å². The number of aryl methyl sites for hydroxylation is 3. The number of sulfone groups is 1. The predicted octanol–water partition coefficient (Wildman–Crippen LogP) is 1.39. The summed E-state index contributed by atoms with van der Waals surface area (Å²) in [6, 6.07) is 3.23. The van der Waals surface area contributed by atoms with Crippen LogP contribution in [-0.4, -0.2) is 50.4 Å². The summed E-state index contributed by atoms with van der Waals surface area (Å²) in [5.41, 5.74) is 2.63. The maximum absolute atomic E-state index is 12.7. The molecule has 1 aliphatic heterocycles. The molecule has 0 spiro atoms. The number of hydrogen-bond acceptors (Lipinski definition) is 6. The number of nitrogens with one attached hydrogen (secondary N) is 1. The van der Waals surface area contributed by atoms with Crippen molar-refractivity contribution in [3.63, 3.8) is 0 Å². The lowest BCUT2D eigenvalue weighted by Gasteiger charge is -2.13. The molecule has 10 heteroatoms. The summed E-state index contributed by atoms with van der Waals surface area (Å²) in [4.78, 5) is 17.1. The zero-order chi connectivity index (χ0) is 19.3. The van der Waals surface area contributed by atoms with Crippen LogP contribution in [0.25, 0.3) is 11.0 Å². The van der Waals surface area contributed by atoms with E-state index in [0.717, 1.165) is 11.1 Å². The number of fused-ring (bicyclic) bond motifs is 1. The van der Waals surface area contributed by atoms with Crippen LogP contribution in [0, 0.1) is 13.8 Å². The summed E-state index contributed by atoms with van der Waals surface area (Å²) in [6.45, 7) is 3.67. The maximum Gasteiger partial charge on any atom is 0.258 e. The first kappa shape index (κ1) is 17.7. The minimum atomic E-state index is -3.05. The Balaban J connectivity index is 1.63. The molecule has 1 saturated heterocycles. The Morgan fingerprint density at radius 1 is 1.26 bits per heavy atom. The highest BCUT2D eigenvalue weighted by Gasteiger charge is 2.31. The molecule has 1 aliphatic rings. The van der Waals surface area contributed by atoms with Gasteiger partial charge in [0, 0.05) is 24.7 Å². The largest absolute Gasteiger partial charge is 0.307 e. The molecule has 1 fully saturated rings. The number of aromatic nitrogens is 5. The Kier molecular flexibility index (Phi) is 4.02. The lowest BCUT2D eigenvalue weighted by atomic mass is 10.2. The molecule has 1 unspecified atom stereocenters. The summed E-state index contributed by atoms with van der Waals surface area (Å²) in [6.07, 6.45) is 2.00. The second-order valence-electron chi connectivity index (χ2n) is 6.93. The highest BCUT2D eigenvalue weighted by Crippen LogP contribution is 2.27. The first-order valence-electron chi connectivity index (χ1n) is 8.61. The molecule has 0 saturated carbocycles. The fourth-order valence-corrected chi connectivity index (χ4v) is 5.17. The second-order valence-corrected chi connectivity index (χ2v) is 9.16. The number of carbonyl (C=O) groups excluding carboxylic acids is 1. The molecule has 4 rings (SSSR count). The minimum Gasteiger partial charge on any atom is -0.307 e. The van der Waals surface area contributed by atoms with Gasteiger partial charge in [-0.3, -0.25) is 9.48 Å². The van der Waals surface area contributed by atoms with E-state index in [1.54, 1.807) is 28.5 Å². The normalized spacial score (nSPS) is 18.9. The number of rotatable bonds is 3. The van der Waals surface area contributed by atoms with Gasteiger partial charge in [-0.15, -0.1) is 0 Å². The SMILES string of the molecule is Cc1cc(NC(=O)c2cnc3c(c2)c(C)nn3C)n(C2CCS(=O)(=O)C2)n1. The van der Waals surface area contributed by atoms with Crippen LogP contribution >= 0.6 is 0 Å². The Hall–Kier alpha value is -2.75. The van der Waals surface area contributed by atoms with Gasteiger partial charge in [0.1, 0.15) is 5.82 Å². The number of pyridine rings is 1. The third-order valence-electron chi connectivity index (χ3n) is 4.78. The van der Waals surface area contributed by atoms with Crippen molar-refractivity contribution in [2.45, 2.75) is 26.3 Å². The van der Waals surface area contributed by atoms with Crippen LogP contribution in [0.5, 0.6) is 0 Å². The molecule has 3 aromatic rings. The van der Waals surface area contributed by atoms with Gasteiger partial charge in [-0.2, -0.15) is 10.2 Å². The molecule has 1 amide bonds. The Morgan fingerprint density at radius 2 is 2.04 bits per heavy atom. The third-order valence-corrected chi connectivity index (χ3v) is 6.53. The highest BCUT2D eigenvalue weighted by atomic mass is 32.2. The Morgan fingerprint density at radius 3 is 2.74 bits per heavy atom. The molecular weight excluding hydrogens is 368 g/mol. The van der Waals surface area contributed by atoms with Gasteiger partial charge in [0.05, 0.1) is 34.5 Å². The molecule has 4 heterocycles. The maximum atomic E-state index is 12.7. The van der Waals surface area contributed by atoms with Crippen molar-refractivity contribution in [2.24, 2.45) is 7.05 Å². The van der Waals surface area contributed by atoms with Crippen molar-refractivity contribution in [1.82, 2.24) is 24.5 Å². The molecule has 1 atom stereocenters. The van der Waals surface area contributed by atoms with Crippen molar-refractivity contribution in [3.05, 3.63) is 35.3 Å². The number of nitrogens with zero attached hydrogens (tertiary/aromatic N) is 5. The van der Waals surface area contributed by atoms with E-state index >= 15 is 0 Å². The smallest absolute Gasteiger partial charge is 0.258 e. The van der Waals surface area contributed by atoms with Gasteiger partial charge >= 0.3 is 0 Å². The topological polar surface area (TPSA) is 112 Å². The molecule has 1 N–H and O–H groups in total. The lowest BCUT2D eigenvalue weighted by Crippen LogP contribution is -2.19. The second kappa shape index (κ2) is 6.15. The van der Waals surface area contributed by atoms with Gasteiger partial charge in [0.2, 0.25) is 0 Å². The molecule has 27 heavy (non-hydrogen) atoms. The Labute approximate surface area is 156 Å². The first-order chi connectivity index (χ1) is 12.7. The van der Waals surface area contributed by atoms with Crippen LogP contribution in [0.15, 0.2) is 18.3 Å². The third kappa shape index (κ3) is 3.20. The summed E-state index contributed by atoms with van der Waals surface area (Å²) in [5, 5.41) is 12.3. The van der Waals surface area contributed by atoms with Crippen LogP contribution < -0.4 is 5.32 Å². The van der Waals surface area contributed by atoms with Gasteiger partial charge in [-0.25, -0.2) is 18.1 Å². The number of hydrogen-bond donors (Lipinski definition) is 1. The van der Waals surface area contributed by atoms with Gasteiger partial charge in [-0.05, 0) is 26.3 Å². The minimum absolute atomic E-state index is 0.0411. The molecule has 142 valence electrons. The molecule has 0 aromatic carbocycles. The lowest BCUT2D eigenvalue weighted by molar-refractivity contribution is 0.102. The number of amides is 1. The molecule has 0 bridgehead atoms. The van der Waals surface area contributed by atoms with Crippen molar-refractivity contribution < 1.29 is 13.2 Å². The van der Waals surface area contributed by atoms with E-state index in [1.807, 2.05) is 13.8 Å². The van der Waals surface area contributed by atoms with Crippen molar-refractivity contribution in [3.8, 4) is 0 Å². The summed E-state index contributed by atoms with van der Waals surface area (Å²) in [7, 11) is -1.25. The summed E-state index contributed by atoms with van der Waals surface area (Å²) >= 11 is 0. The van der Waals surface area contributed by atoms with Crippen molar-refractivity contribution in [1.29, 1.82) is 0 Å². The van der Waals surface area contributed by atoms with Crippen LogP contribution in [0.3, 0.4) is 0 Å². The van der Waals surface area contributed by atoms with Crippen LogP contribution in [0.2, 0.25) is 0 Å².